The zero-order valence-electron chi connectivity index (χ0n) is 29.5. The Bertz CT molecular complexity index is 1670. The van der Waals surface area contributed by atoms with Gasteiger partial charge in [0.25, 0.3) is 0 Å². The minimum Gasteiger partial charge on any atom is -0.508 e. The number of hydrogen-bond donors (Lipinski definition) is 3. The van der Waals surface area contributed by atoms with Crippen molar-refractivity contribution in [2.75, 3.05) is 0 Å². The molecule has 0 aliphatic heterocycles. The third kappa shape index (κ3) is 5.56. The van der Waals surface area contributed by atoms with Crippen molar-refractivity contribution >= 4 is 23.4 Å². The van der Waals surface area contributed by atoms with Crippen LogP contribution in [-0.2, 0) is 32.1 Å². The first-order valence-corrected chi connectivity index (χ1v) is 18.6. The molecule has 1 spiro atoms. The summed E-state index contributed by atoms with van der Waals surface area (Å²) in [6.07, 6.45) is 8.72. The Morgan fingerprint density at radius 2 is 1.61 bits per heavy atom. The van der Waals surface area contributed by atoms with Crippen LogP contribution in [-0.4, -0.2) is 34.5 Å². The quantitative estimate of drug-likeness (QED) is 0.271. The van der Waals surface area contributed by atoms with E-state index in [4.69, 9.17) is 0 Å². The van der Waals surface area contributed by atoms with Crippen LogP contribution in [0.2, 0.25) is 0 Å². The molecule has 260 valence electrons. The molecule has 3 N–H and O–H groups in total. The standard InChI is InChI=1S/C42H52N2O5/c1-25(2)30-23-42-20-17-34-40(3,35(42)22-29(30)36-32(46)15-16-33(47)37(36)42)18-8-19-41(34,4)39(49)44-31(21-26-11-13-28(45)14-12-26)38(48)43-24-27-9-6-5-7-10-27/h5-7,9-14,23,25,29,31,34-37,45H,8,15-22,24H2,1-4H3,(H,43,48)(H,44,49). The molecule has 8 rings (SSSR count). The van der Waals surface area contributed by atoms with E-state index < -0.39 is 11.5 Å². The fourth-order valence-electron chi connectivity index (χ4n) is 11.7. The zero-order chi connectivity index (χ0) is 34.7. The van der Waals surface area contributed by atoms with Crippen LogP contribution in [0.5, 0.6) is 5.75 Å². The number of amides is 2. The molecule has 4 saturated carbocycles. The normalized spacial score (nSPS) is 35.4. The number of ketones is 2. The molecule has 0 aromatic heterocycles. The summed E-state index contributed by atoms with van der Waals surface area (Å²) in [6, 6.07) is 15.7. The van der Waals surface area contributed by atoms with Gasteiger partial charge in [0.15, 0.2) is 0 Å². The van der Waals surface area contributed by atoms with E-state index in [1.165, 1.54) is 5.57 Å². The van der Waals surface area contributed by atoms with Gasteiger partial charge in [0.05, 0.1) is 0 Å². The molecule has 4 fully saturated rings. The second-order valence-corrected chi connectivity index (χ2v) is 16.7. The molecule has 7 nitrogen and oxygen atoms in total. The monoisotopic (exact) mass is 664 g/mol. The molecule has 0 heterocycles. The van der Waals surface area contributed by atoms with Crippen molar-refractivity contribution in [3.63, 3.8) is 0 Å². The van der Waals surface area contributed by atoms with Gasteiger partial charge < -0.3 is 15.7 Å². The smallest absolute Gasteiger partial charge is 0.243 e. The predicted octanol–water partition coefficient (Wildman–Crippen LogP) is 6.73. The number of phenols is 1. The van der Waals surface area contributed by atoms with Crippen molar-refractivity contribution in [2.45, 2.75) is 98.1 Å². The summed E-state index contributed by atoms with van der Waals surface area (Å²) in [5.41, 5.74) is 2.02. The third-order valence-corrected chi connectivity index (χ3v) is 13.8. The Morgan fingerprint density at radius 1 is 0.898 bits per heavy atom. The number of phenolic OH excluding ortho intramolecular Hbond substituents is 1. The molecule has 49 heavy (non-hydrogen) atoms. The molecule has 0 radical (unpaired) electrons. The lowest BCUT2D eigenvalue weighted by atomic mass is 9.33. The number of Topliss-reactive ketones (excluding diaryl/α,β-unsaturated/α-hetero) is 2. The van der Waals surface area contributed by atoms with Crippen molar-refractivity contribution in [1.82, 2.24) is 10.6 Å². The van der Waals surface area contributed by atoms with Crippen molar-refractivity contribution in [1.29, 1.82) is 0 Å². The van der Waals surface area contributed by atoms with Crippen LogP contribution in [0.15, 0.2) is 66.2 Å². The van der Waals surface area contributed by atoms with Crippen LogP contribution >= 0.6 is 0 Å². The Labute approximate surface area is 290 Å². The lowest BCUT2D eigenvalue weighted by Gasteiger charge is -2.70. The zero-order valence-corrected chi connectivity index (χ0v) is 29.5. The predicted molar refractivity (Wildman–Crippen MR) is 188 cm³/mol. The molecule has 6 aliphatic carbocycles. The molecular weight excluding hydrogens is 612 g/mol. The van der Waals surface area contributed by atoms with Gasteiger partial charge in [-0.1, -0.05) is 88.2 Å². The van der Waals surface area contributed by atoms with Gasteiger partial charge in [0.1, 0.15) is 23.4 Å². The third-order valence-electron chi connectivity index (χ3n) is 13.8. The Morgan fingerprint density at radius 3 is 2.33 bits per heavy atom. The number of aromatic hydroxyl groups is 1. The lowest BCUT2D eigenvalue weighted by molar-refractivity contribution is -0.195. The first-order chi connectivity index (χ1) is 23.4. The average molecular weight is 665 g/mol. The summed E-state index contributed by atoms with van der Waals surface area (Å²) in [5.74, 6) is 0.728. The molecular formula is C42H52N2O5. The first-order valence-electron chi connectivity index (χ1n) is 18.6. The van der Waals surface area contributed by atoms with Gasteiger partial charge in [-0.2, -0.15) is 0 Å². The highest BCUT2D eigenvalue weighted by atomic mass is 16.3. The van der Waals surface area contributed by atoms with Crippen molar-refractivity contribution < 1.29 is 24.3 Å². The number of rotatable bonds is 8. The number of fused-ring (bicyclic) bond motifs is 1. The van der Waals surface area contributed by atoms with Crippen molar-refractivity contribution in [2.24, 2.45) is 51.8 Å². The Hall–Kier alpha value is -3.74. The second kappa shape index (κ2) is 12.5. The minimum atomic E-state index is -0.783. The van der Waals surface area contributed by atoms with Crippen LogP contribution in [0.3, 0.4) is 0 Å². The average Bonchev–Trinajstić information content (AvgIpc) is 3.09. The SMILES string of the molecule is CC(C)C1=CC23CCC4C(C)(C(=O)NC(Cc5ccc(O)cc5)C(=O)NCc5ccccc5)CCCC4(C)C2CC1C1C(=O)CCC(=O)C13. The molecule has 2 amide bonds. The number of nitrogens with one attached hydrogen (secondary N) is 2. The van der Waals surface area contributed by atoms with Crippen molar-refractivity contribution in [3.05, 3.63) is 77.4 Å². The Kier molecular flexibility index (Phi) is 8.64. The van der Waals surface area contributed by atoms with E-state index in [-0.39, 0.29) is 69.5 Å². The highest BCUT2D eigenvalue weighted by molar-refractivity contribution is 5.98. The number of allylic oxidation sites excluding steroid dienone is 2. The summed E-state index contributed by atoms with van der Waals surface area (Å²) < 4.78 is 0. The van der Waals surface area contributed by atoms with Crippen LogP contribution in [0, 0.1) is 51.8 Å². The van der Waals surface area contributed by atoms with Gasteiger partial charge in [0, 0.05) is 48.5 Å². The van der Waals surface area contributed by atoms with Gasteiger partial charge in [-0.15, -0.1) is 0 Å². The number of hydrogen-bond acceptors (Lipinski definition) is 5. The van der Waals surface area contributed by atoms with Crippen LogP contribution in [0.1, 0.15) is 90.2 Å². The number of benzene rings is 2. The van der Waals surface area contributed by atoms with E-state index in [0.29, 0.717) is 31.7 Å². The topological polar surface area (TPSA) is 113 Å². The van der Waals surface area contributed by atoms with Gasteiger partial charge in [-0.05, 0) is 84.5 Å². The maximum absolute atomic E-state index is 14.7. The molecule has 2 aromatic rings. The summed E-state index contributed by atoms with van der Waals surface area (Å²) in [5, 5.41) is 16.1. The highest BCUT2D eigenvalue weighted by Crippen LogP contribution is 2.74. The molecule has 2 aromatic carbocycles. The van der Waals surface area contributed by atoms with E-state index in [2.05, 4.69) is 44.4 Å². The summed E-state index contributed by atoms with van der Waals surface area (Å²) in [6.45, 7) is 9.29. The van der Waals surface area contributed by atoms with E-state index >= 15 is 0 Å². The first kappa shape index (κ1) is 33.7. The fourth-order valence-corrected chi connectivity index (χ4v) is 11.7. The molecule has 7 heteroatoms. The van der Waals surface area contributed by atoms with Gasteiger partial charge in [-0.25, -0.2) is 0 Å². The van der Waals surface area contributed by atoms with Crippen LogP contribution < -0.4 is 10.6 Å². The maximum Gasteiger partial charge on any atom is 0.243 e. The maximum atomic E-state index is 14.7. The van der Waals surface area contributed by atoms with Gasteiger partial charge >= 0.3 is 0 Å². The Balaban J connectivity index is 1.17. The molecule has 6 aliphatic rings. The molecule has 9 unspecified atom stereocenters. The van der Waals surface area contributed by atoms with E-state index in [1.54, 1.807) is 24.3 Å². The van der Waals surface area contributed by atoms with Gasteiger partial charge in [0.2, 0.25) is 11.8 Å². The molecule has 0 saturated heterocycles. The van der Waals surface area contributed by atoms with Crippen molar-refractivity contribution in [3.8, 4) is 5.75 Å². The van der Waals surface area contributed by atoms with Gasteiger partial charge in [-0.3, -0.25) is 19.2 Å². The molecule has 2 bridgehead atoms. The summed E-state index contributed by atoms with van der Waals surface area (Å²) in [4.78, 5) is 55.8. The second-order valence-electron chi connectivity index (χ2n) is 16.7. The highest BCUT2D eigenvalue weighted by Gasteiger charge is 2.70. The van der Waals surface area contributed by atoms with E-state index in [9.17, 15) is 24.3 Å². The van der Waals surface area contributed by atoms with E-state index in [1.807, 2.05) is 30.3 Å². The van der Waals surface area contributed by atoms with E-state index in [0.717, 1.165) is 49.7 Å². The molecule has 9 atom stereocenters. The number of carbonyl (C=O) groups is 4. The summed E-state index contributed by atoms with van der Waals surface area (Å²) in [7, 11) is 0. The minimum absolute atomic E-state index is 0.0841. The fraction of sp³-hybridized carbons (Fsp3) is 0.571. The largest absolute Gasteiger partial charge is 0.508 e. The van der Waals surface area contributed by atoms with Crippen LogP contribution in [0.25, 0.3) is 0 Å². The lowest BCUT2D eigenvalue weighted by Crippen LogP contribution is -2.68. The van der Waals surface area contributed by atoms with Crippen LogP contribution in [0.4, 0.5) is 0 Å². The number of carbonyl (C=O) groups excluding carboxylic acids is 4. The summed E-state index contributed by atoms with van der Waals surface area (Å²) >= 11 is 0.